The minimum atomic E-state index is -0.237. The van der Waals surface area contributed by atoms with Gasteiger partial charge in [-0.2, -0.15) is 0 Å². The van der Waals surface area contributed by atoms with E-state index in [9.17, 15) is 9.90 Å². The maximum Gasteiger partial charge on any atom is 0.255 e. The number of aliphatic hydroxyl groups excluding tert-OH is 1. The SMILES string of the molecule is COc1ccc(OC)c(C(=O)NC(CCO)C(C)(C)C)c1. The van der Waals surface area contributed by atoms with Gasteiger partial charge in [0.1, 0.15) is 11.5 Å². The Morgan fingerprint density at radius 2 is 1.95 bits per heavy atom. The van der Waals surface area contributed by atoms with Gasteiger partial charge in [-0.25, -0.2) is 0 Å². The monoisotopic (exact) mass is 295 g/mol. The molecule has 0 radical (unpaired) electrons. The molecule has 0 saturated heterocycles. The zero-order chi connectivity index (χ0) is 16.0. The summed E-state index contributed by atoms with van der Waals surface area (Å²) in [4.78, 5) is 12.5. The molecule has 0 aliphatic heterocycles. The molecule has 1 unspecified atom stereocenters. The van der Waals surface area contributed by atoms with Crippen molar-refractivity contribution in [3.05, 3.63) is 23.8 Å². The highest BCUT2D eigenvalue weighted by atomic mass is 16.5. The van der Waals surface area contributed by atoms with E-state index in [1.807, 2.05) is 20.8 Å². The standard InChI is InChI=1S/C16H25NO4/c1-16(2,3)14(8-9-18)17-15(19)12-10-11(20-4)6-7-13(12)21-5/h6-7,10,14,18H,8-9H2,1-5H3,(H,17,19). The predicted octanol–water partition coefficient (Wildman–Crippen LogP) is 2.23. The minimum Gasteiger partial charge on any atom is -0.497 e. The number of hydrogen-bond donors (Lipinski definition) is 2. The number of carbonyl (C=O) groups is 1. The number of methoxy groups -OCH3 is 2. The maximum absolute atomic E-state index is 12.5. The lowest BCUT2D eigenvalue weighted by molar-refractivity contribution is 0.0881. The van der Waals surface area contributed by atoms with Gasteiger partial charge in [0, 0.05) is 12.6 Å². The molecule has 5 heteroatoms. The van der Waals surface area contributed by atoms with E-state index in [1.54, 1.807) is 25.3 Å². The molecule has 21 heavy (non-hydrogen) atoms. The molecule has 0 aromatic heterocycles. The van der Waals surface area contributed by atoms with Gasteiger partial charge in [-0.1, -0.05) is 20.8 Å². The molecule has 1 aromatic carbocycles. The first-order valence-electron chi connectivity index (χ1n) is 6.97. The topological polar surface area (TPSA) is 67.8 Å². The van der Waals surface area contributed by atoms with Gasteiger partial charge in [-0.05, 0) is 30.0 Å². The van der Waals surface area contributed by atoms with E-state index in [0.29, 0.717) is 23.5 Å². The highest BCUT2D eigenvalue weighted by molar-refractivity contribution is 5.97. The zero-order valence-corrected chi connectivity index (χ0v) is 13.4. The zero-order valence-electron chi connectivity index (χ0n) is 13.4. The van der Waals surface area contributed by atoms with Crippen LogP contribution < -0.4 is 14.8 Å². The number of aliphatic hydroxyl groups is 1. The summed E-state index contributed by atoms with van der Waals surface area (Å²) in [6.07, 6.45) is 0.502. The van der Waals surface area contributed by atoms with Crippen molar-refractivity contribution in [3.63, 3.8) is 0 Å². The van der Waals surface area contributed by atoms with E-state index >= 15 is 0 Å². The maximum atomic E-state index is 12.5. The van der Waals surface area contributed by atoms with Gasteiger partial charge in [-0.15, -0.1) is 0 Å². The summed E-state index contributed by atoms with van der Waals surface area (Å²) in [5.74, 6) is 0.847. The molecule has 0 bridgehead atoms. The van der Waals surface area contributed by atoms with Crippen LogP contribution in [0.15, 0.2) is 18.2 Å². The minimum absolute atomic E-state index is 0.0253. The molecule has 2 N–H and O–H groups in total. The number of amides is 1. The molecule has 1 atom stereocenters. The molecule has 5 nitrogen and oxygen atoms in total. The number of nitrogens with one attached hydrogen (secondary N) is 1. The molecule has 1 amide bonds. The van der Waals surface area contributed by atoms with Crippen molar-refractivity contribution in [2.45, 2.75) is 33.2 Å². The highest BCUT2D eigenvalue weighted by Crippen LogP contribution is 2.26. The van der Waals surface area contributed by atoms with Crippen LogP contribution in [-0.2, 0) is 0 Å². The Bertz CT molecular complexity index is 480. The summed E-state index contributed by atoms with van der Waals surface area (Å²) in [5.41, 5.74) is 0.272. The lowest BCUT2D eigenvalue weighted by Crippen LogP contribution is -2.44. The number of ether oxygens (including phenoxy) is 2. The highest BCUT2D eigenvalue weighted by Gasteiger charge is 2.27. The second-order valence-electron chi connectivity index (χ2n) is 5.97. The third-order valence-electron chi connectivity index (χ3n) is 3.42. The summed E-state index contributed by atoms with van der Waals surface area (Å²) in [7, 11) is 3.07. The Morgan fingerprint density at radius 3 is 2.43 bits per heavy atom. The van der Waals surface area contributed by atoms with Gasteiger partial charge in [-0.3, -0.25) is 4.79 Å². The fraction of sp³-hybridized carbons (Fsp3) is 0.562. The third kappa shape index (κ3) is 4.63. The summed E-state index contributed by atoms with van der Waals surface area (Å²) >= 11 is 0. The molecule has 0 aliphatic carbocycles. The molecular weight excluding hydrogens is 270 g/mol. The molecule has 0 fully saturated rings. The average Bonchev–Trinajstić information content (AvgIpc) is 2.44. The Hall–Kier alpha value is -1.75. The smallest absolute Gasteiger partial charge is 0.255 e. The molecule has 0 aliphatic rings. The van der Waals surface area contributed by atoms with Gasteiger partial charge in [0.05, 0.1) is 19.8 Å². The van der Waals surface area contributed by atoms with E-state index in [2.05, 4.69) is 5.32 Å². The Labute approximate surface area is 126 Å². The number of benzene rings is 1. The fourth-order valence-electron chi connectivity index (χ4n) is 2.08. The van der Waals surface area contributed by atoms with E-state index in [1.165, 1.54) is 7.11 Å². The molecule has 0 heterocycles. The van der Waals surface area contributed by atoms with Crippen molar-refractivity contribution < 1.29 is 19.4 Å². The van der Waals surface area contributed by atoms with Crippen LogP contribution in [0.4, 0.5) is 0 Å². The van der Waals surface area contributed by atoms with Crippen LogP contribution in [0, 0.1) is 5.41 Å². The van der Waals surface area contributed by atoms with Crippen molar-refractivity contribution in [2.75, 3.05) is 20.8 Å². The van der Waals surface area contributed by atoms with Crippen molar-refractivity contribution in [1.82, 2.24) is 5.32 Å². The second-order valence-corrected chi connectivity index (χ2v) is 5.97. The van der Waals surface area contributed by atoms with Crippen molar-refractivity contribution >= 4 is 5.91 Å². The van der Waals surface area contributed by atoms with Crippen molar-refractivity contribution in [3.8, 4) is 11.5 Å². The van der Waals surface area contributed by atoms with Crippen LogP contribution in [0.5, 0.6) is 11.5 Å². The van der Waals surface area contributed by atoms with Gasteiger partial charge in [0.2, 0.25) is 0 Å². The second kappa shape index (κ2) is 7.31. The molecule has 0 saturated carbocycles. The molecule has 1 rings (SSSR count). The number of rotatable bonds is 6. The van der Waals surface area contributed by atoms with Crippen LogP contribution in [0.3, 0.4) is 0 Å². The first-order valence-corrected chi connectivity index (χ1v) is 6.97. The number of hydrogen-bond acceptors (Lipinski definition) is 4. The Morgan fingerprint density at radius 1 is 1.29 bits per heavy atom. The van der Waals surface area contributed by atoms with Gasteiger partial charge in [0.15, 0.2) is 0 Å². The predicted molar refractivity (Wildman–Crippen MR) is 82.0 cm³/mol. The van der Waals surface area contributed by atoms with E-state index in [-0.39, 0.29) is 24.0 Å². The summed E-state index contributed by atoms with van der Waals surface area (Å²) in [6, 6.07) is 4.95. The summed E-state index contributed by atoms with van der Waals surface area (Å²) in [6.45, 7) is 6.10. The van der Waals surface area contributed by atoms with Crippen LogP contribution in [0.25, 0.3) is 0 Å². The summed E-state index contributed by atoms with van der Waals surface area (Å²) in [5, 5.41) is 12.1. The normalized spacial score (nSPS) is 12.7. The molecular formula is C16H25NO4. The molecule has 0 spiro atoms. The van der Waals surface area contributed by atoms with Crippen molar-refractivity contribution in [2.24, 2.45) is 5.41 Å². The lowest BCUT2D eigenvalue weighted by atomic mass is 9.84. The Balaban J connectivity index is 3.01. The average molecular weight is 295 g/mol. The summed E-state index contributed by atoms with van der Waals surface area (Å²) < 4.78 is 10.4. The van der Waals surface area contributed by atoms with Gasteiger partial charge in [0.25, 0.3) is 5.91 Å². The fourth-order valence-corrected chi connectivity index (χ4v) is 2.08. The Kier molecular flexibility index (Phi) is 6.03. The van der Waals surface area contributed by atoms with Crippen molar-refractivity contribution in [1.29, 1.82) is 0 Å². The first kappa shape index (κ1) is 17.3. The van der Waals surface area contributed by atoms with Crippen LogP contribution in [0.1, 0.15) is 37.6 Å². The largest absolute Gasteiger partial charge is 0.497 e. The van der Waals surface area contributed by atoms with E-state index < -0.39 is 0 Å². The first-order chi connectivity index (χ1) is 9.83. The molecule has 1 aromatic rings. The van der Waals surface area contributed by atoms with Gasteiger partial charge < -0.3 is 19.9 Å². The van der Waals surface area contributed by atoms with E-state index in [0.717, 1.165) is 0 Å². The quantitative estimate of drug-likeness (QED) is 0.844. The van der Waals surface area contributed by atoms with Crippen LogP contribution in [0.2, 0.25) is 0 Å². The van der Waals surface area contributed by atoms with Crippen LogP contribution >= 0.6 is 0 Å². The lowest BCUT2D eigenvalue weighted by Gasteiger charge is -2.31. The van der Waals surface area contributed by atoms with E-state index in [4.69, 9.17) is 9.47 Å². The molecule has 118 valence electrons. The third-order valence-corrected chi connectivity index (χ3v) is 3.42. The number of carbonyl (C=O) groups excluding carboxylic acids is 1. The van der Waals surface area contributed by atoms with Gasteiger partial charge >= 0.3 is 0 Å². The van der Waals surface area contributed by atoms with Crippen LogP contribution in [-0.4, -0.2) is 37.9 Å².